The first-order valence-electron chi connectivity index (χ1n) is 7.33. The zero-order valence-corrected chi connectivity index (χ0v) is 12.3. The summed E-state index contributed by atoms with van der Waals surface area (Å²) in [4.78, 5) is 4.71. The van der Waals surface area contributed by atoms with E-state index in [1.807, 2.05) is 72.8 Å². The van der Waals surface area contributed by atoms with E-state index in [1.54, 1.807) is 4.52 Å². The fourth-order valence-electron chi connectivity index (χ4n) is 2.58. The molecule has 5 heteroatoms. The van der Waals surface area contributed by atoms with Crippen LogP contribution in [-0.4, -0.2) is 14.6 Å². The lowest BCUT2D eigenvalue weighted by atomic mass is 10.1. The lowest BCUT2D eigenvalue weighted by molar-refractivity contribution is 0.941. The van der Waals surface area contributed by atoms with Gasteiger partial charge >= 0.3 is 0 Å². The number of hydrogen-bond donors (Lipinski definition) is 2. The minimum absolute atomic E-state index is 0.691. The van der Waals surface area contributed by atoms with E-state index in [2.05, 4.69) is 10.5 Å². The molecule has 2 aromatic carbocycles. The molecule has 0 saturated carbocycles. The molecule has 4 rings (SSSR count). The van der Waals surface area contributed by atoms with Gasteiger partial charge in [0, 0.05) is 23.3 Å². The van der Waals surface area contributed by atoms with Crippen molar-refractivity contribution in [2.24, 2.45) is 5.84 Å². The van der Waals surface area contributed by atoms with Crippen molar-refractivity contribution in [3.8, 4) is 22.5 Å². The van der Waals surface area contributed by atoms with E-state index in [0.717, 1.165) is 28.2 Å². The molecular formula is C18H15N5. The number of benzene rings is 2. The number of hydrazine groups is 1. The van der Waals surface area contributed by atoms with Crippen LogP contribution in [0.25, 0.3) is 28.2 Å². The maximum Gasteiger partial charge on any atom is 0.158 e. The van der Waals surface area contributed by atoms with Crippen LogP contribution in [0.3, 0.4) is 0 Å². The van der Waals surface area contributed by atoms with Crippen LogP contribution in [0.15, 0.2) is 72.8 Å². The predicted octanol–water partition coefficient (Wildman–Crippen LogP) is 3.35. The van der Waals surface area contributed by atoms with E-state index in [1.165, 1.54) is 0 Å². The molecule has 0 radical (unpaired) electrons. The van der Waals surface area contributed by atoms with Crippen LogP contribution >= 0.6 is 0 Å². The molecule has 0 amide bonds. The zero-order chi connectivity index (χ0) is 15.6. The normalized spacial score (nSPS) is 10.8. The molecule has 2 aromatic heterocycles. The lowest BCUT2D eigenvalue weighted by Gasteiger charge is -2.07. The Morgan fingerprint density at radius 1 is 0.783 bits per heavy atom. The maximum atomic E-state index is 5.67. The van der Waals surface area contributed by atoms with Crippen molar-refractivity contribution < 1.29 is 0 Å². The summed E-state index contributed by atoms with van der Waals surface area (Å²) in [6.45, 7) is 0. The van der Waals surface area contributed by atoms with Crippen molar-refractivity contribution in [2.45, 2.75) is 0 Å². The first-order valence-corrected chi connectivity index (χ1v) is 7.33. The van der Waals surface area contributed by atoms with Crippen molar-refractivity contribution >= 4 is 11.5 Å². The molecular weight excluding hydrogens is 286 g/mol. The molecule has 0 bridgehead atoms. The van der Waals surface area contributed by atoms with Crippen LogP contribution < -0.4 is 11.3 Å². The van der Waals surface area contributed by atoms with Gasteiger partial charge < -0.3 is 5.43 Å². The van der Waals surface area contributed by atoms with Crippen LogP contribution in [-0.2, 0) is 0 Å². The molecule has 0 aliphatic heterocycles. The highest BCUT2D eigenvalue weighted by atomic mass is 15.4. The van der Waals surface area contributed by atoms with Crippen LogP contribution in [0.1, 0.15) is 0 Å². The van der Waals surface area contributed by atoms with Gasteiger partial charge in [-0.05, 0) is 0 Å². The van der Waals surface area contributed by atoms with Crippen LogP contribution in [0.2, 0.25) is 0 Å². The molecule has 0 aliphatic rings. The van der Waals surface area contributed by atoms with Gasteiger partial charge in [-0.25, -0.2) is 10.8 Å². The third-order valence-electron chi connectivity index (χ3n) is 3.71. The third-order valence-corrected chi connectivity index (χ3v) is 3.71. The summed E-state index contributed by atoms with van der Waals surface area (Å²) in [7, 11) is 0. The van der Waals surface area contributed by atoms with Crippen molar-refractivity contribution in [1.82, 2.24) is 14.6 Å². The number of nitrogens with zero attached hydrogens (tertiary/aromatic N) is 3. The highest BCUT2D eigenvalue weighted by Gasteiger charge is 2.11. The molecule has 0 spiro atoms. The predicted molar refractivity (Wildman–Crippen MR) is 91.7 cm³/mol. The van der Waals surface area contributed by atoms with E-state index >= 15 is 0 Å². The van der Waals surface area contributed by atoms with Crippen LogP contribution in [0.5, 0.6) is 0 Å². The first kappa shape index (κ1) is 13.5. The van der Waals surface area contributed by atoms with Gasteiger partial charge in [0.15, 0.2) is 5.65 Å². The van der Waals surface area contributed by atoms with Gasteiger partial charge in [0.2, 0.25) is 0 Å². The van der Waals surface area contributed by atoms with E-state index < -0.39 is 0 Å². The Balaban J connectivity index is 1.90. The number of anilines is 1. The summed E-state index contributed by atoms with van der Waals surface area (Å²) in [5.74, 6) is 6.36. The fourth-order valence-corrected chi connectivity index (χ4v) is 2.58. The summed E-state index contributed by atoms with van der Waals surface area (Å²) in [6, 6.07) is 23.9. The van der Waals surface area contributed by atoms with Crippen LogP contribution in [0.4, 0.5) is 5.82 Å². The molecule has 4 aromatic rings. The maximum absolute atomic E-state index is 5.67. The van der Waals surface area contributed by atoms with E-state index in [-0.39, 0.29) is 0 Å². The summed E-state index contributed by atoms with van der Waals surface area (Å²) in [5.41, 5.74) is 7.25. The number of nitrogen functional groups attached to an aromatic ring is 1. The zero-order valence-electron chi connectivity index (χ0n) is 12.3. The monoisotopic (exact) mass is 301 g/mol. The highest BCUT2D eigenvalue weighted by molar-refractivity contribution is 5.70. The number of nitrogens with one attached hydrogen (secondary N) is 1. The van der Waals surface area contributed by atoms with E-state index in [0.29, 0.717) is 5.82 Å². The first-order chi connectivity index (χ1) is 11.3. The fraction of sp³-hybridized carbons (Fsp3) is 0. The Morgan fingerprint density at radius 3 is 2.00 bits per heavy atom. The standard InChI is InChI=1S/C18H15N5/c19-21-18-11-15(13-7-3-1-4-8-13)20-17-12-16(22-23(17)18)14-9-5-2-6-10-14/h1-12,21H,19H2. The van der Waals surface area contributed by atoms with Crippen molar-refractivity contribution in [3.63, 3.8) is 0 Å². The van der Waals surface area contributed by atoms with Crippen LogP contribution in [0, 0.1) is 0 Å². The molecule has 0 unspecified atom stereocenters. The molecule has 112 valence electrons. The Bertz CT molecular complexity index is 945. The smallest absolute Gasteiger partial charge is 0.158 e. The SMILES string of the molecule is NNc1cc(-c2ccccc2)nc2cc(-c3ccccc3)nn12. The number of hydrogen-bond acceptors (Lipinski definition) is 4. The Kier molecular flexibility index (Phi) is 3.25. The van der Waals surface area contributed by atoms with Gasteiger partial charge in [0.1, 0.15) is 5.82 Å². The van der Waals surface area contributed by atoms with Gasteiger partial charge in [0.05, 0.1) is 11.4 Å². The summed E-state index contributed by atoms with van der Waals surface area (Å²) in [6.07, 6.45) is 0. The van der Waals surface area contributed by atoms with Gasteiger partial charge in [-0.15, -0.1) is 0 Å². The van der Waals surface area contributed by atoms with Crippen molar-refractivity contribution in [3.05, 3.63) is 72.8 Å². The van der Waals surface area contributed by atoms with E-state index in [4.69, 9.17) is 10.8 Å². The minimum atomic E-state index is 0.691. The second-order valence-electron chi connectivity index (χ2n) is 5.20. The summed E-state index contributed by atoms with van der Waals surface area (Å²) >= 11 is 0. The van der Waals surface area contributed by atoms with Gasteiger partial charge in [0.25, 0.3) is 0 Å². The summed E-state index contributed by atoms with van der Waals surface area (Å²) < 4.78 is 1.72. The molecule has 0 saturated heterocycles. The summed E-state index contributed by atoms with van der Waals surface area (Å²) in [5, 5.41) is 4.60. The second-order valence-corrected chi connectivity index (χ2v) is 5.20. The minimum Gasteiger partial charge on any atom is -0.308 e. The van der Waals surface area contributed by atoms with Gasteiger partial charge in [-0.3, -0.25) is 0 Å². The third kappa shape index (κ3) is 2.43. The number of rotatable bonds is 3. The van der Waals surface area contributed by atoms with Gasteiger partial charge in [-0.1, -0.05) is 60.7 Å². The second kappa shape index (κ2) is 5.55. The molecule has 0 aliphatic carbocycles. The Labute approximate surface area is 133 Å². The number of fused-ring (bicyclic) bond motifs is 1. The quantitative estimate of drug-likeness (QED) is 0.450. The van der Waals surface area contributed by atoms with E-state index in [9.17, 15) is 0 Å². The number of nitrogens with two attached hydrogens (primary N) is 1. The van der Waals surface area contributed by atoms with Gasteiger partial charge in [-0.2, -0.15) is 9.61 Å². The molecule has 5 nitrogen and oxygen atoms in total. The van der Waals surface area contributed by atoms with Crippen molar-refractivity contribution in [1.29, 1.82) is 0 Å². The lowest BCUT2D eigenvalue weighted by Crippen LogP contribution is -2.12. The molecule has 23 heavy (non-hydrogen) atoms. The average Bonchev–Trinajstić information content (AvgIpc) is 3.06. The Morgan fingerprint density at radius 2 is 1.39 bits per heavy atom. The topological polar surface area (TPSA) is 68.2 Å². The Hall–Kier alpha value is -3.18. The molecule has 0 fully saturated rings. The molecule has 0 atom stereocenters. The largest absolute Gasteiger partial charge is 0.308 e. The number of aromatic nitrogens is 3. The highest BCUT2D eigenvalue weighted by Crippen LogP contribution is 2.25. The van der Waals surface area contributed by atoms with Crippen molar-refractivity contribution in [2.75, 3.05) is 5.43 Å². The molecule has 3 N–H and O–H groups in total. The molecule has 2 heterocycles. The average molecular weight is 301 g/mol.